The molecule has 0 aromatic heterocycles. The molecule has 1 radical (unpaired) electrons. The summed E-state index contributed by atoms with van der Waals surface area (Å²) >= 11 is 0. The topological polar surface area (TPSA) is 63.0 Å². The van der Waals surface area contributed by atoms with Gasteiger partial charge in [0.1, 0.15) is 6.61 Å². The fourth-order valence-corrected chi connectivity index (χ4v) is 0.0711. The molecule has 0 aliphatic rings. The van der Waals surface area contributed by atoms with Crippen molar-refractivity contribution in [3.05, 3.63) is 12.2 Å². The number of hydrogen-bond acceptors (Lipinski definition) is 1. The lowest BCUT2D eigenvalue weighted by atomic mass is 10.3. The molecule has 7 heavy (non-hydrogen) atoms. The Bertz CT molecular complexity index is 97.9. The van der Waals surface area contributed by atoms with Gasteiger partial charge in [0.2, 0.25) is 5.91 Å². The summed E-state index contributed by atoms with van der Waals surface area (Å²) in [4.78, 5) is 9.85. The summed E-state index contributed by atoms with van der Waals surface area (Å²) in [5.41, 5.74) is 4.54. The van der Waals surface area contributed by atoms with Gasteiger partial charge in [-0.25, -0.2) is 5.11 Å². The van der Waals surface area contributed by atoms with Gasteiger partial charge in [0, 0.05) is 5.57 Å². The summed E-state index contributed by atoms with van der Waals surface area (Å²) in [5, 5.41) is 9.67. The molecular formula is C4H6NO2. The van der Waals surface area contributed by atoms with Crippen LogP contribution in [0.15, 0.2) is 12.2 Å². The molecule has 0 bridgehead atoms. The Labute approximate surface area is 41.4 Å². The van der Waals surface area contributed by atoms with E-state index in [1.165, 1.54) is 0 Å². The number of rotatable bonds is 2. The highest BCUT2D eigenvalue weighted by Gasteiger charge is 1.96. The Kier molecular flexibility index (Phi) is 2.08. The van der Waals surface area contributed by atoms with Gasteiger partial charge in [-0.3, -0.25) is 4.79 Å². The van der Waals surface area contributed by atoms with Gasteiger partial charge in [0.25, 0.3) is 0 Å². The maximum atomic E-state index is 9.85. The van der Waals surface area contributed by atoms with Gasteiger partial charge in [-0.05, 0) is 0 Å². The summed E-state index contributed by atoms with van der Waals surface area (Å²) < 4.78 is 0. The van der Waals surface area contributed by atoms with Gasteiger partial charge < -0.3 is 5.73 Å². The number of nitrogens with two attached hydrogens (primary N) is 1. The molecule has 2 N–H and O–H groups in total. The highest BCUT2D eigenvalue weighted by Crippen LogP contribution is 1.81. The Balaban J connectivity index is 3.58. The summed E-state index contributed by atoms with van der Waals surface area (Å²) in [6.45, 7) is 2.48. The summed E-state index contributed by atoms with van der Waals surface area (Å²) in [6, 6.07) is 0. The van der Waals surface area contributed by atoms with E-state index < -0.39 is 12.5 Å². The molecule has 1 amide bonds. The predicted octanol–water partition coefficient (Wildman–Crippen LogP) is -0.542. The first kappa shape index (κ1) is 6.17. The fraction of sp³-hybridized carbons (Fsp3) is 0.250. The second-order valence-electron chi connectivity index (χ2n) is 1.11. The number of carbonyl (C=O) groups is 1. The minimum atomic E-state index is -0.713. The number of carbonyl (C=O) groups excluding carboxylic acids is 1. The van der Waals surface area contributed by atoms with Crippen molar-refractivity contribution in [1.82, 2.24) is 0 Å². The number of primary amides is 1. The maximum Gasteiger partial charge on any atom is 0.246 e. The van der Waals surface area contributed by atoms with E-state index >= 15 is 0 Å². The second-order valence-corrected chi connectivity index (χ2v) is 1.11. The first-order chi connectivity index (χ1) is 3.18. The lowest BCUT2D eigenvalue weighted by molar-refractivity contribution is -0.115. The van der Waals surface area contributed by atoms with E-state index in [1.54, 1.807) is 0 Å². The zero-order valence-electron chi connectivity index (χ0n) is 3.81. The van der Waals surface area contributed by atoms with Crippen LogP contribution in [-0.4, -0.2) is 12.5 Å². The lowest BCUT2D eigenvalue weighted by Gasteiger charge is -1.86. The maximum absolute atomic E-state index is 9.85. The molecule has 0 saturated heterocycles. The molecule has 0 unspecified atom stereocenters. The SMILES string of the molecule is C=C(C[O])C(N)=O. The molecule has 0 saturated carbocycles. The second kappa shape index (κ2) is 2.36. The van der Waals surface area contributed by atoms with Crippen LogP contribution >= 0.6 is 0 Å². The van der Waals surface area contributed by atoms with Gasteiger partial charge in [-0.15, -0.1) is 0 Å². The summed E-state index contributed by atoms with van der Waals surface area (Å²) in [5.74, 6) is -0.713. The van der Waals surface area contributed by atoms with E-state index in [4.69, 9.17) is 0 Å². The Morgan fingerprint density at radius 1 is 1.71 bits per heavy atom. The average molecular weight is 100 g/mol. The highest BCUT2D eigenvalue weighted by molar-refractivity contribution is 5.91. The highest BCUT2D eigenvalue weighted by atomic mass is 16.3. The minimum Gasteiger partial charge on any atom is -0.366 e. The van der Waals surface area contributed by atoms with Crippen molar-refractivity contribution in [3.63, 3.8) is 0 Å². The third-order valence-electron chi connectivity index (χ3n) is 0.523. The van der Waals surface area contributed by atoms with E-state index in [0.717, 1.165) is 0 Å². The summed E-state index contributed by atoms with van der Waals surface area (Å²) in [6.07, 6.45) is 0. The standard InChI is InChI=1S/C4H6NO2/c1-3(2-6)4(5)7/h1-2H2,(H2,5,7). The van der Waals surface area contributed by atoms with E-state index in [1.807, 2.05) is 0 Å². The van der Waals surface area contributed by atoms with Crippen LogP contribution in [0.1, 0.15) is 0 Å². The van der Waals surface area contributed by atoms with Crippen LogP contribution in [0.3, 0.4) is 0 Å². The molecule has 0 heterocycles. The molecular weight excluding hydrogens is 94.0 g/mol. The van der Waals surface area contributed by atoms with Crippen LogP contribution in [0.5, 0.6) is 0 Å². The molecule has 0 aromatic rings. The lowest BCUT2D eigenvalue weighted by Crippen LogP contribution is -2.14. The van der Waals surface area contributed by atoms with Crippen LogP contribution in [0.4, 0.5) is 0 Å². The van der Waals surface area contributed by atoms with Crippen molar-refractivity contribution in [2.45, 2.75) is 0 Å². The van der Waals surface area contributed by atoms with E-state index in [-0.39, 0.29) is 5.57 Å². The van der Waals surface area contributed by atoms with Crippen molar-refractivity contribution in [3.8, 4) is 0 Å². The van der Waals surface area contributed by atoms with Crippen LogP contribution in [-0.2, 0) is 9.90 Å². The number of amides is 1. The van der Waals surface area contributed by atoms with Crippen molar-refractivity contribution in [2.24, 2.45) is 5.73 Å². The molecule has 0 rings (SSSR count). The summed E-state index contributed by atoms with van der Waals surface area (Å²) in [7, 11) is 0. The van der Waals surface area contributed by atoms with Crippen LogP contribution < -0.4 is 5.73 Å². The molecule has 0 atom stereocenters. The third kappa shape index (κ3) is 1.94. The average Bonchev–Trinajstić information content (AvgIpc) is 1.65. The minimum absolute atomic E-state index is 0.0694. The Morgan fingerprint density at radius 2 is 2.14 bits per heavy atom. The van der Waals surface area contributed by atoms with Gasteiger partial charge in [-0.1, -0.05) is 6.58 Å². The molecule has 0 aliphatic carbocycles. The molecule has 0 aliphatic heterocycles. The fourth-order valence-electron chi connectivity index (χ4n) is 0.0711. The smallest absolute Gasteiger partial charge is 0.246 e. The van der Waals surface area contributed by atoms with E-state index in [0.29, 0.717) is 0 Å². The molecule has 39 valence electrons. The number of hydrogen-bond donors (Lipinski definition) is 1. The third-order valence-corrected chi connectivity index (χ3v) is 0.523. The Hall–Kier alpha value is -0.830. The quantitative estimate of drug-likeness (QED) is 0.465. The Morgan fingerprint density at radius 3 is 2.14 bits per heavy atom. The van der Waals surface area contributed by atoms with Gasteiger partial charge in [0.15, 0.2) is 0 Å². The first-order valence-electron chi connectivity index (χ1n) is 1.74. The first-order valence-corrected chi connectivity index (χ1v) is 1.74. The monoisotopic (exact) mass is 100 g/mol. The normalized spacial score (nSPS) is 8.14. The van der Waals surface area contributed by atoms with Crippen molar-refractivity contribution in [1.29, 1.82) is 0 Å². The largest absolute Gasteiger partial charge is 0.366 e. The molecule has 0 aromatic carbocycles. The van der Waals surface area contributed by atoms with Crippen molar-refractivity contribution in [2.75, 3.05) is 6.61 Å². The van der Waals surface area contributed by atoms with Gasteiger partial charge in [0.05, 0.1) is 0 Å². The van der Waals surface area contributed by atoms with Gasteiger partial charge in [-0.2, -0.15) is 0 Å². The zero-order chi connectivity index (χ0) is 5.86. The molecule has 0 fully saturated rings. The zero-order valence-corrected chi connectivity index (χ0v) is 3.81. The molecule has 0 spiro atoms. The van der Waals surface area contributed by atoms with Gasteiger partial charge >= 0.3 is 0 Å². The van der Waals surface area contributed by atoms with E-state index in [2.05, 4.69) is 12.3 Å². The van der Waals surface area contributed by atoms with Crippen LogP contribution in [0.25, 0.3) is 0 Å². The molecule has 3 nitrogen and oxygen atoms in total. The van der Waals surface area contributed by atoms with E-state index in [9.17, 15) is 9.90 Å². The predicted molar refractivity (Wildman–Crippen MR) is 23.9 cm³/mol. The van der Waals surface area contributed by atoms with Crippen LogP contribution in [0, 0.1) is 0 Å². The van der Waals surface area contributed by atoms with Crippen molar-refractivity contribution < 1.29 is 9.90 Å². The van der Waals surface area contributed by atoms with Crippen LogP contribution in [0.2, 0.25) is 0 Å². The van der Waals surface area contributed by atoms with Crippen molar-refractivity contribution >= 4 is 5.91 Å². The molecule has 3 heteroatoms.